The van der Waals surface area contributed by atoms with Crippen LogP contribution in [0.1, 0.15) is 39.5 Å². The average molecular weight is 233 g/mol. The molecule has 4 heteroatoms. The van der Waals surface area contributed by atoms with Crippen LogP contribution in [0.5, 0.6) is 0 Å². The highest BCUT2D eigenvalue weighted by Crippen LogP contribution is 1.97. The lowest BCUT2D eigenvalue weighted by atomic mass is 10.2. The van der Waals surface area contributed by atoms with E-state index >= 15 is 0 Å². The van der Waals surface area contributed by atoms with Crippen LogP contribution >= 0.6 is 0 Å². The van der Waals surface area contributed by atoms with Gasteiger partial charge < -0.3 is 10.6 Å². The molecule has 0 saturated heterocycles. The first-order chi connectivity index (χ1) is 7.81. The standard InChI is InChI=1S/C12H28FN3/c1-3-5-6-11-16(13)12-10-15-9-8-14-7-4-2/h14-15H,3-12H2,1-2H3. The van der Waals surface area contributed by atoms with Gasteiger partial charge in [-0.05, 0) is 19.4 Å². The van der Waals surface area contributed by atoms with Crippen LogP contribution in [-0.4, -0.2) is 44.4 Å². The average Bonchev–Trinajstić information content (AvgIpc) is 2.28. The van der Waals surface area contributed by atoms with E-state index in [1.54, 1.807) is 0 Å². The predicted molar refractivity (Wildman–Crippen MR) is 68.2 cm³/mol. The van der Waals surface area contributed by atoms with Crippen LogP contribution in [0.15, 0.2) is 0 Å². The summed E-state index contributed by atoms with van der Waals surface area (Å²) in [6.07, 6.45) is 4.39. The Morgan fingerprint density at radius 3 is 2.12 bits per heavy atom. The van der Waals surface area contributed by atoms with Crippen molar-refractivity contribution < 1.29 is 4.48 Å². The molecule has 0 fully saturated rings. The fraction of sp³-hybridized carbons (Fsp3) is 1.00. The minimum atomic E-state index is 0.498. The Morgan fingerprint density at radius 1 is 0.812 bits per heavy atom. The van der Waals surface area contributed by atoms with Gasteiger partial charge in [-0.2, -0.15) is 0 Å². The molecule has 3 nitrogen and oxygen atoms in total. The third-order valence-corrected chi connectivity index (χ3v) is 2.44. The van der Waals surface area contributed by atoms with Gasteiger partial charge in [0.15, 0.2) is 0 Å². The lowest BCUT2D eigenvalue weighted by molar-refractivity contribution is 0.0252. The van der Waals surface area contributed by atoms with E-state index in [1.165, 1.54) is 0 Å². The summed E-state index contributed by atoms with van der Waals surface area (Å²) < 4.78 is 13.1. The maximum Gasteiger partial charge on any atom is 0.0415 e. The molecule has 0 heterocycles. The van der Waals surface area contributed by atoms with Crippen LogP contribution in [0.25, 0.3) is 0 Å². The zero-order valence-corrected chi connectivity index (χ0v) is 10.9. The maximum atomic E-state index is 13.1. The van der Waals surface area contributed by atoms with Gasteiger partial charge in [-0.1, -0.05) is 26.7 Å². The van der Waals surface area contributed by atoms with Crippen molar-refractivity contribution in [3.63, 3.8) is 0 Å². The van der Waals surface area contributed by atoms with Gasteiger partial charge in [0.05, 0.1) is 0 Å². The molecular formula is C12H28FN3. The Hall–Kier alpha value is -0.190. The molecule has 0 rings (SSSR count). The third-order valence-electron chi connectivity index (χ3n) is 2.44. The van der Waals surface area contributed by atoms with Crippen LogP contribution in [-0.2, 0) is 0 Å². The molecule has 0 saturated carbocycles. The van der Waals surface area contributed by atoms with Crippen LogP contribution < -0.4 is 10.6 Å². The monoisotopic (exact) mass is 233 g/mol. The zero-order chi connectivity index (χ0) is 12.1. The smallest absolute Gasteiger partial charge is 0.0415 e. The van der Waals surface area contributed by atoms with Gasteiger partial charge in [0.1, 0.15) is 0 Å². The summed E-state index contributed by atoms with van der Waals surface area (Å²) in [6, 6.07) is 0. The first-order valence-electron chi connectivity index (χ1n) is 6.63. The lowest BCUT2D eigenvalue weighted by Crippen LogP contribution is -2.32. The summed E-state index contributed by atoms with van der Waals surface area (Å²) in [7, 11) is 0. The van der Waals surface area contributed by atoms with E-state index in [2.05, 4.69) is 24.5 Å². The van der Waals surface area contributed by atoms with Crippen molar-refractivity contribution in [3.8, 4) is 0 Å². The molecule has 98 valence electrons. The molecule has 0 atom stereocenters. The minimum Gasteiger partial charge on any atom is -0.315 e. The Morgan fingerprint density at radius 2 is 1.50 bits per heavy atom. The second-order valence-corrected chi connectivity index (χ2v) is 4.12. The first kappa shape index (κ1) is 15.8. The summed E-state index contributed by atoms with van der Waals surface area (Å²) in [4.78, 5) is 0. The van der Waals surface area contributed by atoms with Gasteiger partial charge in [-0.25, -0.2) is 0 Å². The second kappa shape index (κ2) is 12.9. The van der Waals surface area contributed by atoms with Gasteiger partial charge >= 0.3 is 0 Å². The Labute approximate surface area is 99.7 Å². The molecule has 0 spiro atoms. The number of nitrogens with one attached hydrogen (secondary N) is 2. The molecule has 0 aromatic carbocycles. The molecular weight excluding hydrogens is 205 g/mol. The van der Waals surface area contributed by atoms with E-state index in [9.17, 15) is 4.48 Å². The topological polar surface area (TPSA) is 27.3 Å². The molecule has 0 bridgehead atoms. The van der Waals surface area contributed by atoms with Crippen molar-refractivity contribution in [1.82, 2.24) is 15.8 Å². The van der Waals surface area contributed by atoms with E-state index in [0.29, 0.717) is 13.1 Å². The third kappa shape index (κ3) is 11.9. The fourth-order valence-corrected chi connectivity index (χ4v) is 1.45. The quantitative estimate of drug-likeness (QED) is 0.398. The first-order valence-corrected chi connectivity index (χ1v) is 6.63. The Balaban J connectivity index is 3.06. The van der Waals surface area contributed by atoms with Crippen molar-refractivity contribution in [2.45, 2.75) is 39.5 Å². The van der Waals surface area contributed by atoms with Gasteiger partial charge in [0, 0.05) is 32.7 Å². The summed E-state index contributed by atoms with van der Waals surface area (Å²) in [5, 5.41) is 7.44. The molecule has 0 unspecified atom stereocenters. The van der Waals surface area contributed by atoms with Crippen molar-refractivity contribution in [2.75, 3.05) is 39.3 Å². The van der Waals surface area contributed by atoms with E-state index in [0.717, 1.165) is 57.0 Å². The minimum absolute atomic E-state index is 0.498. The van der Waals surface area contributed by atoms with Crippen LogP contribution in [0.4, 0.5) is 4.48 Å². The number of hydrogen-bond acceptors (Lipinski definition) is 3. The number of halogens is 1. The van der Waals surface area contributed by atoms with Crippen molar-refractivity contribution in [3.05, 3.63) is 0 Å². The summed E-state index contributed by atoms with van der Waals surface area (Å²) in [6.45, 7) is 9.04. The predicted octanol–water partition coefficient (Wildman–Crippen LogP) is 1.95. The molecule has 0 aliphatic heterocycles. The number of rotatable bonds is 12. The van der Waals surface area contributed by atoms with Gasteiger partial charge in [0.25, 0.3) is 0 Å². The second-order valence-electron chi connectivity index (χ2n) is 4.12. The number of unbranched alkanes of at least 4 members (excludes halogenated alkanes) is 2. The highest BCUT2D eigenvalue weighted by molar-refractivity contribution is 4.54. The SMILES string of the molecule is CCCCCN(F)CCNCCNCCC. The molecule has 0 radical (unpaired) electrons. The maximum absolute atomic E-state index is 13.1. The van der Waals surface area contributed by atoms with Crippen LogP contribution in [0, 0.1) is 0 Å². The van der Waals surface area contributed by atoms with E-state index < -0.39 is 0 Å². The molecule has 0 aliphatic rings. The molecule has 16 heavy (non-hydrogen) atoms. The van der Waals surface area contributed by atoms with Crippen LogP contribution in [0.2, 0.25) is 0 Å². The van der Waals surface area contributed by atoms with E-state index in [-0.39, 0.29) is 0 Å². The van der Waals surface area contributed by atoms with E-state index in [1.807, 2.05) is 0 Å². The Bertz CT molecular complexity index is 133. The van der Waals surface area contributed by atoms with E-state index in [4.69, 9.17) is 0 Å². The highest BCUT2D eigenvalue weighted by Gasteiger charge is 2.00. The molecule has 0 aromatic rings. The highest BCUT2D eigenvalue weighted by atomic mass is 19.2. The van der Waals surface area contributed by atoms with Crippen LogP contribution in [0.3, 0.4) is 0 Å². The summed E-state index contributed by atoms with van der Waals surface area (Å²) >= 11 is 0. The number of hydrogen-bond donors (Lipinski definition) is 2. The van der Waals surface area contributed by atoms with Gasteiger partial charge in [-0.15, -0.1) is 9.60 Å². The fourth-order valence-electron chi connectivity index (χ4n) is 1.45. The largest absolute Gasteiger partial charge is 0.315 e. The Kier molecular flexibility index (Phi) is 12.7. The lowest BCUT2D eigenvalue weighted by Gasteiger charge is -2.12. The zero-order valence-electron chi connectivity index (χ0n) is 10.9. The molecule has 2 N–H and O–H groups in total. The normalized spacial score (nSPS) is 11.2. The summed E-state index contributed by atoms with van der Waals surface area (Å²) in [5.41, 5.74) is 0. The summed E-state index contributed by atoms with van der Waals surface area (Å²) in [5.74, 6) is 0. The van der Waals surface area contributed by atoms with Crippen molar-refractivity contribution in [2.24, 2.45) is 0 Å². The van der Waals surface area contributed by atoms with Gasteiger partial charge in [-0.3, -0.25) is 0 Å². The molecule has 0 aromatic heterocycles. The number of nitrogens with zero attached hydrogens (tertiary/aromatic N) is 1. The van der Waals surface area contributed by atoms with Gasteiger partial charge in [0.2, 0.25) is 0 Å². The molecule has 0 aliphatic carbocycles. The van der Waals surface area contributed by atoms with Crippen molar-refractivity contribution in [1.29, 1.82) is 0 Å². The molecule has 0 amide bonds. The van der Waals surface area contributed by atoms with Crippen molar-refractivity contribution >= 4 is 0 Å².